The van der Waals surface area contributed by atoms with Gasteiger partial charge in [0.15, 0.2) is 0 Å². The van der Waals surface area contributed by atoms with Crippen LogP contribution in [-0.4, -0.2) is 17.1 Å². The van der Waals surface area contributed by atoms with Gasteiger partial charge in [0.2, 0.25) is 0 Å². The van der Waals surface area contributed by atoms with Crippen LogP contribution in [0.2, 0.25) is 0 Å². The number of hydrogen-bond acceptors (Lipinski definition) is 2. The Hall–Kier alpha value is -1.35. The van der Waals surface area contributed by atoms with Crippen LogP contribution >= 0.6 is 0 Å². The molecule has 0 radical (unpaired) electrons. The minimum Gasteiger partial charge on any atom is -0.481 e. The Morgan fingerprint density at radius 2 is 2.00 bits per heavy atom. The summed E-state index contributed by atoms with van der Waals surface area (Å²) >= 11 is 0. The van der Waals surface area contributed by atoms with Gasteiger partial charge in [-0.25, -0.2) is 0 Å². The van der Waals surface area contributed by atoms with Gasteiger partial charge < -0.3 is 10.8 Å². The standard InChI is InChI=1S/C11H15NO2/c12-10(6-7-11(13)14)8-9-4-2-1-3-5-9/h1-5,10H,6-8,12H2,(H,13,14)/t10-/m0/s1. The van der Waals surface area contributed by atoms with Crippen LogP contribution < -0.4 is 5.73 Å². The van der Waals surface area contributed by atoms with Gasteiger partial charge in [-0.1, -0.05) is 30.3 Å². The van der Waals surface area contributed by atoms with Gasteiger partial charge in [0, 0.05) is 12.5 Å². The highest BCUT2D eigenvalue weighted by atomic mass is 16.4. The van der Waals surface area contributed by atoms with Crippen LogP contribution in [0.5, 0.6) is 0 Å². The lowest BCUT2D eigenvalue weighted by atomic mass is 10.0. The van der Waals surface area contributed by atoms with E-state index in [0.29, 0.717) is 6.42 Å². The van der Waals surface area contributed by atoms with Crippen molar-refractivity contribution in [3.63, 3.8) is 0 Å². The van der Waals surface area contributed by atoms with Crippen LogP contribution in [0, 0.1) is 0 Å². The van der Waals surface area contributed by atoms with Gasteiger partial charge >= 0.3 is 5.97 Å². The Balaban J connectivity index is 2.34. The molecule has 1 aromatic rings. The second kappa shape index (κ2) is 5.40. The summed E-state index contributed by atoms with van der Waals surface area (Å²) in [7, 11) is 0. The van der Waals surface area contributed by atoms with Gasteiger partial charge in [0.25, 0.3) is 0 Å². The lowest BCUT2D eigenvalue weighted by Gasteiger charge is -2.09. The van der Waals surface area contributed by atoms with Crippen LogP contribution in [0.4, 0.5) is 0 Å². The number of carboxylic acids is 1. The van der Waals surface area contributed by atoms with E-state index in [1.165, 1.54) is 0 Å². The first-order chi connectivity index (χ1) is 6.68. The van der Waals surface area contributed by atoms with Crippen molar-refractivity contribution >= 4 is 5.97 Å². The Labute approximate surface area is 83.6 Å². The molecule has 76 valence electrons. The molecule has 0 saturated carbocycles. The molecule has 0 aromatic heterocycles. The molecule has 3 N–H and O–H groups in total. The highest BCUT2D eigenvalue weighted by Crippen LogP contribution is 2.05. The van der Waals surface area contributed by atoms with Gasteiger partial charge in [-0.3, -0.25) is 4.79 Å². The third-order valence-corrected chi connectivity index (χ3v) is 2.07. The molecule has 0 heterocycles. The number of rotatable bonds is 5. The van der Waals surface area contributed by atoms with E-state index in [-0.39, 0.29) is 12.5 Å². The van der Waals surface area contributed by atoms with Crippen LogP contribution in [0.25, 0.3) is 0 Å². The van der Waals surface area contributed by atoms with E-state index in [1.54, 1.807) is 0 Å². The smallest absolute Gasteiger partial charge is 0.303 e. The maximum atomic E-state index is 10.3. The molecule has 3 heteroatoms. The molecule has 0 bridgehead atoms. The molecular weight excluding hydrogens is 178 g/mol. The first kappa shape index (κ1) is 10.7. The predicted molar refractivity (Wildman–Crippen MR) is 55.0 cm³/mol. The number of carbonyl (C=O) groups is 1. The monoisotopic (exact) mass is 193 g/mol. The summed E-state index contributed by atoms with van der Waals surface area (Å²) in [6.45, 7) is 0. The molecule has 0 aliphatic heterocycles. The van der Waals surface area contributed by atoms with Gasteiger partial charge in [-0.05, 0) is 18.4 Å². The van der Waals surface area contributed by atoms with E-state index in [9.17, 15) is 4.79 Å². The third-order valence-electron chi connectivity index (χ3n) is 2.07. The number of hydrogen-bond donors (Lipinski definition) is 2. The molecular formula is C11H15NO2. The van der Waals surface area contributed by atoms with E-state index >= 15 is 0 Å². The average Bonchev–Trinajstić information content (AvgIpc) is 2.16. The molecule has 14 heavy (non-hydrogen) atoms. The average molecular weight is 193 g/mol. The lowest BCUT2D eigenvalue weighted by Crippen LogP contribution is -2.23. The molecule has 3 nitrogen and oxygen atoms in total. The second-order valence-corrected chi connectivity index (χ2v) is 3.38. The van der Waals surface area contributed by atoms with Crippen molar-refractivity contribution < 1.29 is 9.90 Å². The Bertz CT molecular complexity index is 285. The summed E-state index contributed by atoms with van der Waals surface area (Å²) in [4.78, 5) is 10.3. The first-order valence-corrected chi connectivity index (χ1v) is 4.70. The number of aliphatic carboxylic acids is 1. The number of benzene rings is 1. The van der Waals surface area contributed by atoms with Crippen LogP contribution in [0.15, 0.2) is 30.3 Å². The molecule has 1 aromatic carbocycles. The topological polar surface area (TPSA) is 63.3 Å². The fourth-order valence-electron chi connectivity index (χ4n) is 1.33. The normalized spacial score (nSPS) is 12.4. The zero-order chi connectivity index (χ0) is 10.4. The van der Waals surface area contributed by atoms with Crippen molar-refractivity contribution in [3.8, 4) is 0 Å². The largest absolute Gasteiger partial charge is 0.481 e. The van der Waals surface area contributed by atoms with Crippen molar-refractivity contribution in [2.75, 3.05) is 0 Å². The predicted octanol–water partition coefficient (Wildman–Crippen LogP) is 1.42. The van der Waals surface area contributed by atoms with Crippen molar-refractivity contribution in [1.29, 1.82) is 0 Å². The van der Waals surface area contributed by atoms with E-state index in [1.807, 2.05) is 30.3 Å². The minimum atomic E-state index is -0.784. The van der Waals surface area contributed by atoms with Gasteiger partial charge in [0.1, 0.15) is 0 Å². The van der Waals surface area contributed by atoms with E-state index in [2.05, 4.69) is 0 Å². The number of carboxylic acid groups (broad SMARTS) is 1. The summed E-state index contributed by atoms with van der Waals surface area (Å²) in [5.41, 5.74) is 6.95. The van der Waals surface area contributed by atoms with Gasteiger partial charge in [-0.15, -0.1) is 0 Å². The molecule has 0 aliphatic carbocycles. The number of nitrogens with two attached hydrogens (primary N) is 1. The molecule has 1 atom stereocenters. The minimum absolute atomic E-state index is 0.0616. The van der Waals surface area contributed by atoms with Crippen molar-refractivity contribution in [2.45, 2.75) is 25.3 Å². The zero-order valence-electron chi connectivity index (χ0n) is 8.02. The maximum Gasteiger partial charge on any atom is 0.303 e. The summed E-state index contributed by atoms with van der Waals surface area (Å²) in [5, 5.41) is 8.47. The van der Waals surface area contributed by atoms with Crippen molar-refractivity contribution in [2.24, 2.45) is 5.73 Å². The Kier molecular flexibility index (Phi) is 4.13. The van der Waals surface area contributed by atoms with Gasteiger partial charge in [0.05, 0.1) is 0 Å². The van der Waals surface area contributed by atoms with Crippen molar-refractivity contribution in [3.05, 3.63) is 35.9 Å². The summed E-state index contributed by atoms with van der Waals surface area (Å²) in [6.07, 6.45) is 1.42. The van der Waals surface area contributed by atoms with Crippen LogP contribution in [-0.2, 0) is 11.2 Å². The highest BCUT2D eigenvalue weighted by Gasteiger charge is 2.06. The summed E-state index contributed by atoms with van der Waals surface area (Å²) in [5.74, 6) is -0.784. The van der Waals surface area contributed by atoms with E-state index in [4.69, 9.17) is 10.8 Å². The fraction of sp³-hybridized carbons (Fsp3) is 0.364. The van der Waals surface area contributed by atoms with Crippen LogP contribution in [0.1, 0.15) is 18.4 Å². The van der Waals surface area contributed by atoms with E-state index in [0.717, 1.165) is 12.0 Å². The van der Waals surface area contributed by atoms with Crippen LogP contribution in [0.3, 0.4) is 0 Å². The molecule has 0 saturated heterocycles. The third kappa shape index (κ3) is 4.05. The molecule has 0 spiro atoms. The molecule has 0 aliphatic rings. The molecule has 0 unspecified atom stereocenters. The molecule has 0 fully saturated rings. The SMILES string of the molecule is N[C@@H](CCC(=O)O)Cc1ccccc1. The van der Waals surface area contributed by atoms with Gasteiger partial charge in [-0.2, -0.15) is 0 Å². The fourth-order valence-corrected chi connectivity index (χ4v) is 1.33. The first-order valence-electron chi connectivity index (χ1n) is 4.70. The van der Waals surface area contributed by atoms with Crippen molar-refractivity contribution in [1.82, 2.24) is 0 Å². The Morgan fingerprint density at radius 3 is 2.57 bits per heavy atom. The van der Waals surface area contributed by atoms with E-state index < -0.39 is 5.97 Å². The summed E-state index contributed by atoms with van der Waals surface area (Å²) < 4.78 is 0. The second-order valence-electron chi connectivity index (χ2n) is 3.38. The molecule has 0 amide bonds. The molecule has 1 rings (SSSR count). The summed E-state index contributed by atoms with van der Waals surface area (Å²) in [6, 6.07) is 9.81. The quantitative estimate of drug-likeness (QED) is 0.743. The Morgan fingerprint density at radius 1 is 1.36 bits per heavy atom. The maximum absolute atomic E-state index is 10.3. The highest BCUT2D eigenvalue weighted by molar-refractivity contribution is 5.66. The zero-order valence-corrected chi connectivity index (χ0v) is 8.02. The lowest BCUT2D eigenvalue weighted by molar-refractivity contribution is -0.137.